The van der Waals surface area contributed by atoms with E-state index >= 15 is 0 Å². The van der Waals surface area contributed by atoms with E-state index < -0.39 is 149 Å². The zero-order valence-electron chi connectivity index (χ0n) is 41.5. The molecule has 72 heavy (non-hydrogen) atoms. The summed E-state index contributed by atoms with van der Waals surface area (Å²) >= 11 is 0. The topological polar surface area (TPSA) is 335 Å². The van der Waals surface area contributed by atoms with Crippen LogP contribution < -0.4 is 0 Å². The van der Waals surface area contributed by atoms with E-state index in [0.29, 0.717) is 48.3 Å². The fourth-order valence-corrected chi connectivity index (χ4v) is 15.3. The summed E-state index contributed by atoms with van der Waals surface area (Å²) in [6.45, 7) is 7.48. The molecular weight excluding hydrogens is 953 g/mol. The van der Waals surface area contributed by atoms with Crippen LogP contribution in [-0.4, -0.2) is 229 Å². The third-order valence-electron chi connectivity index (χ3n) is 19.5. The lowest BCUT2D eigenvalue weighted by Crippen LogP contribution is -2.66. The lowest BCUT2D eigenvalue weighted by molar-refractivity contribution is -0.389. The van der Waals surface area contributed by atoms with Gasteiger partial charge in [-0.2, -0.15) is 0 Å². The van der Waals surface area contributed by atoms with Crippen molar-refractivity contribution in [1.82, 2.24) is 0 Å². The quantitative estimate of drug-likeness (QED) is 0.0964. The summed E-state index contributed by atoms with van der Waals surface area (Å²) in [6, 6.07) is 0. The molecule has 30 unspecified atom stereocenters. The molecule has 22 heteroatoms. The highest BCUT2D eigenvalue weighted by Crippen LogP contribution is 2.70. The molecule has 4 aliphatic carbocycles. The highest BCUT2D eigenvalue weighted by Gasteiger charge is 2.69. The van der Waals surface area contributed by atoms with Crippen molar-refractivity contribution in [3.8, 4) is 0 Å². The van der Waals surface area contributed by atoms with Gasteiger partial charge in [0.15, 0.2) is 30.9 Å². The number of hydrogen-bond donors (Lipinski definition) is 12. The van der Waals surface area contributed by atoms with Gasteiger partial charge >= 0.3 is 0 Å². The van der Waals surface area contributed by atoms with E-state index in [1.165, 1.54) is 5.57 Å². The van der Waals surface area contributed by atoms with Crippen LogP contribution in [0.3, 0.4) is 0 Å². The largest absolute Gasteiger partial charge is 0.394 e. The Bertz CT molecular complexity index is 1890. The predicted octanol–water partition coefficient (Wildman–Crippen LogP) is -2.35. The average Bonchev–Trinajstić information content (AvgIpc) is 3.82. The number of fused-ring (bicyclic) bond motifs is 7. The maximum atomic E-state index is 11.6. The van der Waals surface area contributed by atoms with Crippen molar-refractivity contribution >= 4 is 0 Å². The molecule has 10 rings (SSSR count). The lowest BCUT2D eigenvalue weighted by Gasteiger charge is -2.58. The first kappa shape index (κ1) is 54.2. The van der Waals surface area contributed by atoms with E-state index in [-0.39, 0.29) is 23.0 Å². The van der Waals surface area contributed by atoms with Crippen LogP contribution >= 0.6 is 0 Å². The van der Waals surface area contributed by atoms with Crippen LogP contribution in [0.15, 0.2) is 11.6 Å². The maximum absolute atomic E-state index is 11.6. The van der Waals surface area contributed by atoms with Crippen molar-refractivity contribution in [2.75, 3.05) is 33.0 Å². The molecular formula is C50H80O22. The van der Waals surface area contributed by atoms with E-state index in [4.69, 9.17) is 47.4 Å². The van der Waals surface area contributed by atoms with Gasteiger partial charge in [-0.05, 0) is 91.8 Å². The normalized spacial score (nSPS) is 56.7. The third kappa shape index (κ3) is 9.18. The Hall–Kier alpha value is -1.14. The van der Waals surface area contributed by atoms with Gasteiger partial charge < -0.3 is 109 Å². The Morgan fingerprint density at radius 1 is 0.597 bits per heavy atom. The zero-order valence-corrected chi connectivity index (χ0v) is 41.5. The van der Waals surface area contributed by atoms with Crippen molar-refractivity contribution < 1.29 is 109 Å². The van der Waals surface area contributed by atoms with E-state index in [0.717, 1.165) is 51.6 Å². The molecule has 1 spiro atoms. The summed E-state index contributed by atoms with van der Waals surface area (Å²) in [5.41, 5.74) is 1.49. The summed E-state index contributed by atoms with van der Waals surface area (Å²) in [4.78, 5) is 0. The van der Waals surface area contributed by atoms with E-state index in [1.807, 2.05) is 0 Å². The van der Waals surface area contributed by atoms with Gasteiger partial charge in [0.25, 0.3) is 0 Å². The molecule has 6 heterocycles. The molecule has 0 bridgehead atoms. The smallest absolute Gasteiger partial charge is 0.187 e. The average molecular weight is 1030 g/mol. The second kappa shape index (κ2) is 20.9. The first-order valence-corrected chi connectivity index (χ1v) is 26.4. The molecule has 30 atom stereocenters. The van der Waals surface area contributed by atoms with Crippen molar-refractivity contribution in [2.45, 2.75) is 220 Å². The van der Waals surface area contributed by atoms with Gasteiger partial charge in [0.05, 0.1) is 45.2 Å². The van der Waals surface area contributed by atoms with Gasteiger partial charge in [0.2, 0.25) is 0 Å². The maximum Gasteiger partial charge on any atom is 0.187 e. The molecule has 9 fully saturated rings. The zero-order chi connectivity index (χ0) is 51.3. The number of hydrogen-bond acceptors (Lipinski definition) is 22. The first-order valence-electron chi connectivity index (χ1n) is 26.4. The molecule has 10 aliphatic rings. The molecule has 0 aromatic carbocycles. The van der Waals surface area contributed by atoms with Crippen LogP contribution in [-0.2, 0) is 47.4 Å². The molecule has 6 saturated heterocycles. The van der Waals surface area contributed by atoms with Gasteiger partial charge in [-0.15, -0.1) is 0 Å². The van der Waals surface area contributed by atoms with Crippen molar-refractivity contribution in [3.63, 3.8) is 0 Å². The van der Waals surface area contributed by atoms with Crippen LogP contribution in [0.25, 0.3) is 0 Å². The van der Waals surface area contributed by atoms with Crippen LogP contribution in [0.1, 0.15) is 85.5 Å². The predicted molar refractivity (Wildman–Crippen MR) is 242 cm³/mol. The summed E-state index contributed by atoms with van der Waals surface area (Å²) < 4.78 is 60.4. The molecule has 0 amide bonds. The minimum absolute atomic E-state index is 0.0280. The summed E-state index contributed by atoms with van der Waals surface area (Å²) in [5, 5.41) is 128. The third-order valence-corrected chi connectivity index (χ3v) is 19.5. The Morgan fingerprint density at radius 2 is 1.22 bits per heavy atom. The second-order valence-electron chi connectivity index (χ2n) is 23.4. The minimum Gasteiger partial charge on any atom is -0.394 e. The van der Waals surface area contributed by atoms with Crippen molar-refractivity contribution in [2.24, 2.45) is 46.3 Å². The number of aliphatic hydroxyl groups is 12. The van der Waals surface area contributed by atoms with Gasteiger partial charge in [-0.3, -0.25) is 0 Å². The first-order chi connectivity index (χ1) is 34.3. The summed E-state index contributed by atoms with van der Waals surface area (Å²) in [6.07, 6.45) is -20.9. The van der Waals surface area contributed by atoms with E-state index in [1.54, 1.807) is 0 Å². The number of allylic oxidation sites excluding steroid dienone is 1. The SMILES string of the molecule is CC1CCC2(OC1)OC1CC3C4CC=C5CC(OC6OC(CO)C(OC7OC(CO)C(O)C(O)C7OC7OCC(OC8OC(CO)C(O)C(O)C8O)C(O)C7O)C(O)C6O)CCC5(C)C4CCC3(C)C1C2C. The van der Waals surface area contributed by atoms with Gasteiger partial charge in [-0.25, -0.2) is 0 Å². The fourth-order valence-electron chi connectivity index (χ4n) is 15.3. The molecule has 22 nitrogen and oxygen atoms in total. The summed E-state index contributed by atoms with van der Waals surface area (Å²) in [7, 11) is 0. The molecule has 12 N–H and O–H groups in total. The minimum atomic E-state index is -1.95. The van der Waals surface area contributed by atoms with E-state index in [9.17, 15) is 61.3 Å². The van der Waals surface area contributed by atoms with Crippen LogP contribution in [0, 0.1) is 46.3 Å². The summed E-state index contributed by atoms with van der Waals surface area (Å²) in [5.74, 6) is 2.54. The van der Waals surface area contributed by atoms with Gasteiger partial charge in [0, 0.05) is 12.3 Å². The van der Waals surface area contributed by atoms with Crippen LogP contribution in [0.5, 0.6) is 0 Å². The highest BCUT2D eigenvalue weighted by atomic mass is 16.8. The van der Waals surface area contributed by atoms with Crippen molar-refractivity contribution in [1.29, 1.82) is 0 Å². The Labute approximate surface area is 419 Å². The number of rotatable bonds is 11. The van der Waals surface area contributed by atoms with Crippen LogP contribution in [0.4, 0.5) is 0 Å². The Balaban J connectivity index is 0.767. The molecule has 0 aromatic heterocycles. The molecule has 3 saturated carbocycles. The van der Waals surface area contributed by atoms with Gasteiger partial charge in [-0.1, -0.05) is 39.3 Å². The standard InChI is InChI=1S/C50H80O22/c1-20-7-12-50(64-18-20)21(2)32-27(72-50)14-26-24-6-5-22-13-23(8-10-48(22,3)25(24)9-11-49(26,32)4)65-45-41(62)38(59)42(30(17-53)68-45)70-47-43(37(58)34(55)29(16-52)67-47)71-44-39(60)35(56)31(19-63-44)69-46-40(61)36(57)33(54)28(15-51)66-46/h5,20-21,23-47,51-62H,6-19H2,1-4H3. The monoisotopic (exact) mass is 1030 g/mol. The van der Waals surface area contributed by atoms with Crippen LogP contribution in [0.2, 0.25) is 0 Å². The molecule has 412 valence electrons. The highest BCUT2D eigenvalue weighted by molar-refractivity contribution is 5.26. The second-order valence-corrected chi connectivity index (χ2v) is 23.4. The van der Waals surface area contributed by atoms with Crippen molar-refractivity contribution in [3.05, 3.63) is 11.6 Å². The molecule has 0 aromatic rings. The molecule has 0 radical (unpaired) electrons. The van der Waals surface area contributed by atoms with Gasteiger partial charge in [0.1, 0.15) is 91.6 Å². The lowest BCUT2D eigenvalue weighted by atomic mass is 9.47. The van der Waals surface area contributed by atoms with E-state index in [2.05, 4.69) is 33.8 Å². The fraction of sp³-hybridized carbons (Fsp3) is 0.960. The molecule has 6 aliphatic heterocycles. The Kier molecular flexibility index (Phi) is 15.7. The number of ether oxygens (including phenoxy) is 10. The number of aliphatic hydroxyl groups excluding tert-OH is 12. The Morgan fingerprint density at radius 3 is 1.92 bits per heavy atom.